The van der Waals surface area contributed by atoms with Gasteiger partial charge in [0.25, 0.3) is 5.91 Å². The summed E-state index contributed by atoms with van der Waals surface area (Å²) in [5.74, 6) is -2.28. The zero-order valence-electron chi connectivity index (χ0n) is 18.3. The van der Waals surface area contributed by atoms with Gasteiger partial charge in [-0.1, -0.05) is 29.8 Å². The van der Waals surface area contributed by atoms with Crippen molar-refractivity contribution in [1.82, 2.24) is 29.9 Å². The molecule has 0 bridgehead atoms. The van der Waals surface area contributed by atoms with Gasteiger partial charge in [-0.05, 0) is 32.0 Å². The number of amides is 1. The molecule has 0 radical (unpaired) electrons. The zero-order valence-corrected chi connectivity index (χ0v) is 19.0. The number of rotatable bonds is 7. The summed E-state index contributed by atoms with van der Waals surface area (Å²) in [4.78, 5) is 17.0. The molecule has 2 heterocycles. The summed E-state index contributed by atoms with van der Waals surface area (Å²) < 4.78 is 31.1. The van der Waals surface area contributed by atoms with Crippen LogP contribution in [0, 0.1) is 18.6 Å². The predicted octanol–water partition coefficient (Wildman–Crippen LogP) is 3.41. The molecule has 2 unspecified atom stereocenters. The Balaban J connectivity index is 1.65. The largest absolute Gasteiger partial charge is 0.381 e. The van der Waals surface area contributed by atoms with Crippen LogP contribution in [-0.4, -0.2) is 41.6 Å². The summed E-state index contributed by atoms with van der Waals surface area (Å²) in [6.45, 7) is 2.98. The molecule has 2 N–H and O–H groups in total. The summed E-state index contributed by atoms with van der Waals surface area (Å²) in [5, 5.41) is 23.0. The van der Waals surface area contributed by atoms with Crippen LogP contribution in [0.5, 0.6) is 0 Å². The van der Waals surface area contributed by atoms with Crippen molar-refractivity contribution in [2.45, 2.75) is 32.0 Å². The third-order valence-electron chi connectivity index (χ3n) is 5.67. The van der Waals surface area contributed by atoms with Crippen LogP contribution >= 0.6 is 11.6 Å². The van der Waals surface area contributed by atoms with Gasteiger partial charge in [0.15, 0.2) is 0 Å². The van der Waals surface area contributed by atoms with Crippen molar-refractivity contribution in [2.75, 3.05) is 0 Å². The molecule has 0 spiro atoms. The lowest BCUT2D eigenvalue weighted by Crippen LogP contribution is -2.52. The molecule has 0 aliphatic rings. The average molecular weight is 487 g/mol. The van der Waals surface area contributed by atoms with Crippen LogP contribution in [0.4, 0.5) is 8.78 Å². The Hall–Kier alpha value is -3.63. The van der Waals surface area contributed by atoms with Crippen LogP contribution in [0.1, 0.15) is 28.5 Å². The standard InChI is InChI=1S/C23H21ClF2N6O2/c1-14-17(10-28-32(14)21-6-4-3-5-19(21)24)22(33)30-15(2)23(34,11-31-13-27-12-29-31)18-8-7-16(25)9-20(18)26/h3-10,12-13,15,34H,11H2,1-2H3,(H,30,33). The molecule has 0 saturated carbocycles. The molecule has 0 aliphatic heterocycles. The maximum Gasteiger partial charge on any atom is 0.255 e. The minimum Gasteiger partial charge on any atom is -0.381 e. The van der Waals surface area contributed by atoms with Crippen molar-refractivity contribution in [2.24, 2.45) is 0 Å². The normalized spacial score (nSPS) is 13.9. The molecule has 8 nitrogen and oxygen atoms in total. The van der Waals surface area contributed by atoms with E-state index in [-0.39, 0.29) is 17.7 Å². The third-order valence-corrected chi connectivity index (χ3v) is 5.99. The first-order chi connectivity index (χ1) is 16.2. The number of aromatic nitrogens is 5. The van der Waals surface area contributed by atoms with Crippen molar-refractivity contribution in [3.8, 4) is 5.69 Å². The van der Waals surface area contributed by atoms with Gasteiger partial charge in [0, 0.05) is 11.6 Å². The lowest BCUT2D eigenvalue weighted by molar-refractivity contribution is -0.0186. The molecule has 2 atom stereocenters. The van der Waals surface area contributed by atoms with E-state index in [1.165, 1.54) is 35.1 Å². The van der Waals surface area contributed by atoms with Crippen LogP contribution < -0.4 is 5.32 Å². The average Bonchev–Trinajstić information content (AvgIpc) is 3.43. The smallest absolute Gasteiger partial charge is 0.255 e. The van der Waals surface area contributed by atoms with Crippen molar-refractivity contribution >= 4 is 17.5 Å². The van der Waals surface area contributed by atoms with E-state index >= 15 is 0 Å². The number of hydrogen-bond donors (Lipinski definition) is 2. The zero-order chi connectivity index (χ0) is 24.5. The van der Waals surface area contributed by atoms with Crippen LogP contribution in [0.15, 0.2) is 61.3 Å². The van der Waals surface area contributed by atoms with Crippen molar-refractivity contribution in [1.29, 1.82) is 0 Å². The van der Waals surface area contributed by atoms with Gasteiger partial charge in [-0.25, -0.2) is 23.1 Å². The topological polar surface area (TPSA) is 97.9 Å². The van der Waals surface area contributed by atoms with Crippen molar-refractivity contribution in [3.05, 3.63) is 94.8 Å². The lowest BCUT2D eigenvalue weighted by Gasteiger charge is -2.35. The highest BCUT2D eigenvalue weighted by Crippen LogP contribution is 2.30. The second kappa shape index (κ2) is 9.32. The first-order valence-corrected chi connectivity index (χ1v) is 10.7. The van der Waals surface area contributed by atoms with E-state index in [9.17, 15) is 18.7 Å². The van der Waals surface area contributed by atoms with E-state index in [1.54, 1.807) is 31.2 Å². The first-order valence-electron chi connectivity index (χ1n) is 10.3. The Morgan fingerprint density at radius 3 is 2.68 bits per heavy atom. The fourth-order valence-corrected chi connectivity index (χ4v) is 3.97. The Morgan fingerprint density at radius 1 is 1.24 bits per heavy atom. The van der Waals surface area contributed by atoms with E-state index < -0.39 is 29.2 Å². The monoisotopic (exact) mass is 486 g/mol. The Morgan fingerprint density at radius 2 is 2.00 bits per heavy atom. The molecule has 0 aliphatic carbocycles. The van der Waals surface area contributed by atoms with Gasteiger partial charge < -0.3 is 10.4 Å². The van der Waals surface area contributed by atoms with Gasteiger partial charge >= 0.3 is 0 Å². The molecule has 11 heteroatoms. The quantitative estimate of drug-likeness (QED) is 0.417. The van der Waals surface area contributed by atoms with Crippen molar-refractivity contribution in [3.63, 3.8) is 0 Å². The number of halogens is 3. The second-order valence-corrected chi connectivity index (χ2v) is 8.25. The second-order valence-electron chi connectivity index (χ2n) is 7.84. The summed E-state index contributed by atoms with van der Waals surface area (Å²) in [6, 6.07) is 8.89. The van der Waals surface area contributed by atoms with E-state index in [4.69, 9.17) is 11.6 Å². The molecule has 176 valence electrons. The van der Waals surface area contributed by atoms with Crippen LogP contribution in [0.2, 0.25) is 5.02 Å². The van der Waals surface area contributed by atoms with Gasteiger partial charge in [-0.3, -0.25) is 4.79 Å². The number of hydrogen-bond acceptors (Lipinski definition) is 5. The molecule has 0 saturated heterocycles. The molecular formula is C23H21ClF2N6O2. The SMILES string of the molecule is Cc1c(C(=O)NC(C)C(O)(Cn2cncn2)c2ccc(F)cc2F)cnn1-c1ccccc1Cl. The number of para-hydroxylation sites is 1. The highest BCUT2D eigenvalue weighted by molar-refractivity contribution is 6.32. The fraction of sp³-hybridized carbons (Fsp3) is 0.217. The summed E-state index contributed by atoms with van der Waals surface area (Å²) >= 11 is 6.26. The lowest BCUT2D eigenvalue weighted by atomic mass is 9.86. The molecule has 4 aromatic rings. The van der Waals surface area contributed by atoms with Gasteiger partial charge in [-0.15, -0.1) is 0 Å². The van der Waals surface area contributed by atoms with Gasteiger partial charge in [0.05, 0.1) is 40.8 Å². The van der Waals surface area contributed by atoms with Crippen LogP contribution in [0.25, 0.3) is 5.69 Å². The van der Waals surface area contributed by atoms with Gasteiger partial charge in [-0.2, -0.15) is 10.2 Å². The molecule has 4 rings (SSSR count). The van der Waals surface area contributed by atoms with Crippen LogP contribution in [-0.2, 0) is 12.1 Å². The van der Waals surface area contributed by atoms with E-state index in [0.717, 1.165) is 12.1 Å². The number of carbonyl (C=O) groups excluding carboxylic acids is 1. The molecule has 1 amide bonds. The molecular weight excluding hydrogens is 466 g/mol. The van der Waals surface area contributed by atoms with E-state index in [0.29, 0.717) is 22.5 Å². The third kappa shape index (κ3) is 4.42. The summed E-state index contributed by atoms with van der Waals surface area (Å²) in [6.07, 6.45) is 3.99. The fourth-order valence-electron chi connectivity index (χ4n) is 3.75. The number of aliphatic hydroxyl groups is 1. The maximum absolute atomic E-state index is 14.7. The first kappa shape index (κ1) is 23.5. The maximum atomic E-state index is 14.7. The number of nitrogens with zero attached hydrogens (tertiary/aromatic N) is 5. The Labute approximate surface area is 198 Å². The van der Waals surface area contributed by atoms with Gasteiger partial charge in [0.2, 0.25) is 0 Å². The number of nitrogens with one attached hydrogen (secondary N) is 1. The number of benzene rings is 2. The number of carbonyl (C=O) groups is 1. The predicted molar refractivity (Wildman–Crippen MR) is 121 cm³/mol. The van der Waals surface area contributed by atoms with Gasteiger partial charge in [0.1, 0.15) is 29.9 Å². The van der Waals surface area contributed by atoms with Crippen molar-refractivity contribution < 1.29 is 18.7 Å². The Bertz CT molecular complexity index is 1330. The highest BCUT2D eigenvalue weighted by atomic mass is 35.5. The summed E-state index contributed by atoms with van der Waals surface area (Å²) in [5.41, 5.74) is -0.807. The minimum atomic E-state index is -1.98. The molecule has 0 fully saturated rings. The molecule has 2 aromatic carbocycles. The van der Waals surface area contributed by atoms with Crippen LogP contribution in [0.3, 0.4) is 0 Å². The van der Waals surface area contributed by atoms with E-state index in [2.05, 4.69) is 20.5 Å². The Kier molecular flexibility index (Phi) is 6.45. The minimum absolute atomic E-state index is 0.194. The summed E-state index contributed by atoms with van der Waals surface area (Å²) in [7, 11) is 0. The molecule has 34 heavy (non-hydrogen) atoms. The van der Waals surface area contributed by atoms with E-state index in [1.807, 2.05) is 0 Å². The highest BCUT2D eigenvalue weighted by Gasteiger charge is 2.40. The molecule has 2 aromatic heterocycles.